The van der Waals surface area contributed by atoms with Crippen LogP contribution in [0, 0.1) is 6.92 Å². The van der Waals surface area contributed by atoms with Gasteiger partial charge >= 0.3 is 0 Å². The van der Waals surface area contributed by atoms with E-state index in [-0.39, 0.29) is 0 Å². The van der Waals surface area contributed by atoms with Crippen LogP contribution >= 0.6 is 0 Å². The molecule has 1 saturated heterocycles. The Balaban J connectivity index is 1.69. The number of aromatic hydroxyl groups is 1. The van der Waals surface area contributed by atoms with E-state index in [4.69, 9.17) is 4.74 Å². The van der Waals surface area contributed by atoms with Gasteiger partial charge in [0, 0.05) is 24.8 Å². The number of piperidine rings is 1. The number of ether oxygens (including phenoxy) is 1. The molecule has 3 rings (SSSR count). The van der Waals surface area contributed by atoms with Crippen LogP contribution in [0.25, 0.3) is 0 Å². The van der Waals surface area contributed by atoms with Crippen LogP contribution in [0.2, 0.25) is 0 Å². The summed E-state index contributed by atoms with van der Waals surface area (Å²) in [5.74, 6) is 2.22. The molecule has 1 fully saturated rings. The van der Waals surface area contributed by atoms with Gasteiger partial charge in [-0.25, -0.2) is 4.98 Å². The Morgan fingerprint density at radius 1 is 1.14 bits per heavy atom. The Labute approximate surface area is 130 Å². The second-order valence-electron chi connectivity index (χ2n) is 5.70. The maximum Gasteiger partial charge on any atom is 0.228 e. The maximum absolute atomic E-state index is 9.38. The first-order valence-corrected chi connectivity index (χ1v) is 7.59. The van der Waals surface area contributed by atoms with Crippen LogP contribution in [0.3, 0.4) is 0 Å². The van der Waals surface area contributed by atoms with Gasteiger partial charge in [-0.05, 0) is 43.4 Å². The number of phenolic OH excluding ortho intramolecular Hbond substituents is 1. The fourth-order valence-electron chi connectivity index (χ4n) is 2.93. The van der Waals surface area contributed by atoms with Crippen molar-refractivity contribution < 1.29 is 9.84 Å². The third kappa shape index (κ3) is 3.13. The highest BCUT2D eigenvalue weighted by atomic mass is 16.5. The van der Waals surface area contributed by atoms with E-state index in [1.165, 1.54) is 5.56 Å². The van der Waals surface area contributed by atoms with Crippen molar-refractivity contribution in [2.24, 2.45) is 0 Å². The van der Waals surface area contributed by atoms with Gasteiger partial charge < -0.3 is 14.7 Å². The first-order chi connectivity index (χ1) is 10.7. The lowest BCUT2D eigenvalue weighted by Crippen LogP contribution is -2.34. The summed E-state index contributed by atoms with van der Waals surface area (Å²) in [5, 5.41) is 9.38. The summed E-state index contributed by atoms with van der Waals surface area (Å²) < 4.78 is 5.23. The molecule has 0 amide bonds. The number of hydrogen-bond donors (Lipinski definition) is 1. The van der Waals surface area contributed by atoms with Crippen LogP contribution in [-0.4, -0.2) is 35.3 Å². The van der Waals surface area contributed by atoms with Crippen LogP contribution < -0.4 is 9.64 Å². The Kier molecular flexibility index (Phi) is 4.13. The standard InChI is InChI=1S/C17H21N3O2/c1-12-11-16(22-2)19-17(18-12)20-9-7-14(8-10-20)13-3-5-15(21)6-4-13/h3-6,11,14,21H,7-10H2,1-2H3. The molecule has 0 saturated carbocycles. The van der Waals surface area contributed by atoms with E-state index in [0.29, 0.717) is 17.5 Å². The zero-order valence-electron chi connectivity index (χ0n) is 13.0. The number of aromatic nitrogens is 2. The largest absolute Gasteiger partial charge is 0.508 e. The van der Waals surface area contributed by atoms with Crippen LogP contribution in [0.5, 0.6) is 11.6 Å². The monoisotopic (exact) mass is 299 g/mol. The van der Waals surface area contributed by atoms with E-state index >= 15 is 0 Å². The van der Waals surface area contributed by atoms with Crippen molar-refractivity contribution in [2.75, 3.05) is 25.1 Å². The second kappa shape index (κ2) is 6.22. The summed E-state index contributed by atoms with van der Waals surface area (Å²) in [4.78, 5) is 11.2. The average molecular weight is 299 g/mol. The normalized spacial score (nSPS) is 15.8. The number of phenols is 1. The van der Waals surface area contributed by atoms with Crippen LogP contribution in [0.4, 0.5) is 5.95 Å². The summed E-state index contributed by atoms with van der Waals surface area (Å²) in [5.41, 5.74) is 2.21. The smallest absolute Gasteiger partial charge is 0.228 e. The van der Waals surface area contributed by atoms with Crippen molar-refractivity contribution in [1.29, 1.82) is 0 Å². The Bertz CT molecular complexity index is 635. The van der Waals surface area contributed by atoms with Crippen molar-refractivity contribution in [3.8, 4) is 11.6 Å². The van der Waals surface area contributed by atoms with E-state index in [0.717, 1.165) is 37.6 Å². The van der Waals surface area contributed by atoms with Crippen molar-refractivity contribution in [2.45, 2.75) is 25.7 Å². The third-order valence-corrected chi connectivity index (χ3v) is 4.17. The topological polar surface area (TPSA) is 58.5 Å². The molecule has 0 aliphatic carbocycles. The lowest BCUT2D eigenvalue weighted by molar-refractivity contribution is 0.395. The summed E-state index contributed by atoms with van der Waals surface area (Å²) in [7, 11) is 1.63. The predicted octanol–water partition coefficient (Wildman–Crippen LogP) is 2.88. The third-order valence-electron chi connectivity index (χ3n) is 4.17. The molecule has 116 valence electrons. The Hall–Kier alpha value is -2.30. The number of benzene rings is 1. The summed E-state index contributed by atoms with van der Waals surface area (Å²) in [6.45, 7) is 3.81. The minimum Gasteiger partial charge on any atom is -0.508 e. The highest BCUT2D eigenvalue weighted by Crippen LogP contribution is 2.30. The fourth-order valence-corrected chi connectivity index (χ4v) is 2.93. The van der Waals surface area contributed by atoms with E-state index in [1.54, 1.807) is 19.2 Å². The van der Waals surface area contributed by atoms with Crippen molar-refractivity contribution >= 4 is 5.95 Å². The first kappa shape index (κ1) is 14.6. The molecular weight excluding hydrogens is 278 g/mol. The summed E-state index contributed by atoms with van der Waals surface area (Å²) in [6, 6.07) is 9.39. The summed E-state index contributed by atoms with van der Waals surface area (Å²) in [6.07, 6.45) is 2.12. The van der Waals surface area contributed by atoms with Gasteiger partial charge in [0.05, 0.1) is 7.11 Å². The molecular formula is C17H21N3O2. The van der Waals surface area contributed by atoms with E-state index in [9.17, 15) is 5.11 Å². The lowest BCUT2D eigenvalue weighted by atomic mass is 9.89. The predicted molar refractivity (Wildman–Crippen MR) is 85.6 cm³/mol. The highest BCUT2D eigenvalue weighted by molar-refractivity contribution is 5.36. The van der Waals surface area contributed by atoms with Gasteiger partial charge in [0.25, 0.3) is 0 Å². The van der Waals surface area contributed by atoms with Gasteiger partial charge in [0.15, 0.2) is 0 Å². The van der Waals surface area contributed by atoms with Crippen molar-refractivity contribution in [3.05, 3.63) is 41.6 Å². The minimum atomic E-state index is 0.321. The van der Waals surface area contributed by atoms with Gasteiger partial charge in [0.2, 0.25) is 11.8 Å². The van der Waals surface area contributed by atoms with Gasteiger partial charge in [0.1, 0.15) is 5.75 Å². The molecule has 0 spiro atoms. The zero-order chi connectivity index (χ0) is 15.5. The molecule has 2 heterocycles. The van der Waals surface area contributed by atoms with Gasteiger partial charge in [-0.15, -0.1) is 0 Å². The maximum atomic E-state index is 9.38. The average Bonchev–Trinajstić information content (AvgIpc) is 2.55. The van der Waals surface area contributed by atoms with Crippen LogP contribution in [-0.2, 0) is 0 Å². The molecule has 1 aliphatic rings. The molecule has 2 aromatic rings. The number of methoxy groups -OCH3 is 1. The van der Waals surface area contributed by atoms with E-state index < -0.39 is 0 Å². The molecule has 1 N–H and O–H groups in total. The van der Waals surface area contributed by atoms with Crippen LogP contribution in [0.15, 0.2) is 30.3 Å². The second-order valence-corrected chi connectivity index (χ2v) is 5.70. The SMILES string of the molecule is COc1cc(C)nc(N2CCC(c3ccc(O)cc3)CC2)n1. The highest BCUT2D eigenvalue weighted by Gasteiger charge is 2.22. The number of nitrogens with zero attached hydrogens (tertiary/aromatic N) is 3. The molecule has 0 atom stereocenters. The summed E-state index contributed by atoms with van der Waals surface area (Å²) >= 11 is 0. The number of anilines is 1. The first-order valence-electron chi connectivity index (χ1n) is 7.59. The van der Waals surface area contributed by atoms with Gasteiger partial charge in [-0.1, -0.05) is 12.1 Å². The molecule has 0 bridgehead atoms. The van der Waals surface area contributed by atoms with E-state index in [2.05, 4.69) is 14.9 Å². The number of rotatable bonds is 3. The van der Waals surface area contributed by atoms with Gasteiger partial charge in [-0.2, -0.15) is 4.98 Å². The molecule has 1 aliphatic heterocycles. The van der Waals surface area contributed by atoms with Crippen molar-refractivity contribution in [1.82, 2.24) is 9.97 Å². The van der Waals surface area contributed by atoms with E-state index in [1.807, 2.05) is 25.1 Å². The minimum absolute atomic E-state index is 0.321. The Morgan fingerprint density at radius 3 is 2.45 bits per heavy atom. The molecule has 22 heavy (non-hydrogen) atoms. The molecule has 1 aromatic heterocycles. The quantitative estimate of drug-likeness (QED) is 0.944. The lowest BCUT2D eigenvalue weighted by Gasteiger charge is -2.32. The molecule has 5 nitrogen and oxygen atoms in total. The molecule has 1 aromatic carbocycles. The Morgan fingerprint density at radius 2 is 1.82 bits per heavy atom. The van der Waals surface area contributed by atoms with Gasteiger partial charge in [-0.3, -0.25) is 0 Å². The number of aryl methyl sites for hydroxylation is 1. The molecule has 0 unspecified atom stereocenters. The fraction of sp³-hybridized carbons (Fsp3) is 0.412. The number of hydrogen-bond acceptors (Lipinski definition) is 5. The molecule has 0 radical (unpaired) electrons. The van der Waals surface area contributed by atoms with Crippen LogP contribution in [0.1, 0.15) is 30.0 Å². The van der Waals surface area contributed by atoms with Crippen molar-refractivity contribution in [3.63, 3.8) is 0 Å². The zero-order valence-corrected chi connectivity index (χ0v) is 13.0. The molecule has 5 heteroatoms.